The Balaban J connectivity index is 2.04. The van der Waals surface area contributed by atoms with Crippen molar-refractivity contribution in [1.29, 1.82) is 0 Å². The van der Waals surface area contributed by atoms with Crippen molar-refractivity contribution < 1.29 is 12.8 Å². The third-order valence-electron chi connectivity index (χ3n) is 4.47. The summed E-state index contributed by atoms with van der Waals surface area (Å²) in [5.74, 6) is 1.53. The Morgan fingerprint density at radius 3 is 2.61 bits per heavy atom. The van der Waals surface area contributed by atoms with Crippen LogP contribution in [0.2, 0.25) is 0 Å². The Bertz CT molecular complexity index is 820. The van der Waals surface area contributed by atoms with Crippen LogP contribution in [0.5, 0.6) is 0 Å². The predicted octanol–water partition coefficient (Wildman–Crippen LogP) is 2.95. The Hall–Kier alpha value is -1.60. The smallest absolute Gasteiger partial charge is 0.247 e. The molecule has 0 amide bonds. The molecule has 3 rings (SSSR count). The van der Waals surface area contributed by atoms with Crippen LogP contribution in [-0.4, -0.2) is 29.0 Å². The van der Waals surface area contributed by atoms with Gasteiger partial charge >= 0.3 is 0 Å². The van der Waals surface area contributed by atoms with Crippen LogP contribution in [0, 0.1) is 20.8 Å². The summed E-state index contributed by atoms with van der Waals surface area (Å²) in [5.41, 5.74) is 1.26. The highest BCUT2D eigenvalue weighted by Crippen LogP contribution is 2.38. The molecule has 7 heteroatoms. The van der Waals surface area contributed by atoms with E-state index in [1.165, 1.54) is 0 Å². The van der Waals surface area contributed by atoms with Crippen LogP contribution in [0.4, 0.5) is 0 Å². The summed E-state index contributed by atoms with van der Waals surface area (Å²) >= 11 is 0. The average molecular weight is 337 g/mol. The van der Waals surface area contributed by atoms with E-state index in [0.29, 0.717) is 29.4 Å². The molecule has 1 saturated heterocycles. The van der Waals surface area contributed by atoms with Gasteiger partial charge in [0, 0.05) is 13.1 Å². The molecule has 0 aliphatic carbocycles. The topological polar surface area (TPSA) is 68.3 Å². The number of sulfonamides is 1. The van der Waals surface area contributed by atoms with Crippen molar-refractivity contribution in [2.75, 3.05) is 6.54 Å². The summed E-state index contributed by atoms with van der Waals surface area (Å²) in [5, 5.41) is 4.36. The summed E-state index contributed by atoms with van der Waals surface area (Å²) in [7, 11) is -3.59. The van der Waals surface area contributed by atoms with Crippen molar-refractivity contribution in [3.8, 4) is 0 Å². The van der Waals surface area contributed by atoms with Gasteiger partial charge in [-0.1, -0.05) is 0 Å². The second-order valence-electron chi connectivity index (χ2n) is 6.04. The van der Waals surface area contributed by atoms with Gasteiger partial charge in [0.25, 0.3) is 0 Å². The quantitative estimate of drug-likeness (QED) is 0.860. The van der Waals surface area contributed by atoms with E-state index in [2.05, 4.69) is 5.10 Å². The van der Waals surface area contributed by atoms with Gasteiger partial charge in [0.15, 0.2) is 0 Å². The molecule has 0 unspecified atom stereocenters. The van der Waals surface area contributed by atoms with Gasteiger partial charge in [0.05, 0.1) is 17.4 Å². The van der Waals surface area contributed by atoms with Gasteiger partial charge in [0.2, 0.25) is 10.0 Å². The minimum absolute atomic E-state index is 0.225. The molecule has 0 N–H and O–H groups in total. The molecule has 0 radical (unpaired) electrons. The lowest BCUT2D eigenvalue weighted by Crippen LogP contribution is -2.31. The van der Waals surface area contributed by atoms with Crippen molar-refractivity contribution in [2.45, 2.75) is 58.0 Å². The summed E-state index contributed by atoms with van der Waals surface area (Å²) in [6.45, 7) is 8.58. The molecule has 1 atom stereocenters. The third-order valence-corrected chi connectivity index (χ3v) is 6.64. The maximum Gasteiger partial charge on any atom is 0.247 e. The minimum atomic E-state index is -3.59. The number of rotatable bonds is 4. The molecule has 0 spiro atoms. The first-order valence-electron chi connectivity index (χ1n) is 7.98. The molecule has 1 fully saturated rings. The SMILES string of the molecule is CCn1nc(C)c(S(=O)(=O)N2CCC[C@@H]2c2ccc(C)o2)c1C. The molecule has 2 aromatic rings. The lowest BCUT2D eigenvalue weighted by molar-refractivity contribution is 0.334. The van der Waals surface area contributed by atoms with E-state index in [1.807, 2.05) is 32.9 Å². The third kappa shape index (κ3) is 2.61. The highest BCUT2D eigenvalue weighted by atomic mass is 32.2. The molecule has 1 aliphatic rings. The normalized spacial score (nSPS) is 19.6. The van der Waals surface area contributed by atoms with Crippen molar-refractivity contribution in [3.63, 3.8) is 0 Å². The highest BCUT2D eigenvalue weighted by molar-refractivity contribution is 7.89. The Labute approximate surface area is 137 Å². The first-order chi connectivity index (χ1) is 10.9. The molecule has 23 heavy (non-hydrogen) atoms. The van der Waals surface area contributed by atoms with E-state index in [1.54, 1.807) is 15.9 Å². The highest BCUT2D eigenvalue weighted by Gasteiger charge is 2.40. The monoisotopic (exact) mass is 337 g/mol. The second kappa shape index (κ2) is 5.79. The van der Waals surface area contributed by atoms with E-state index in [4.69, 9.17) is 4.42 Å². The molecule has 0 bridgehead atoms. The zero-order chi connectivity index (χ0) is 16.8. The molecule has 6 nitrogen and oxygen atoms in total. The second-order valence-corrected chi connectivity index (χ2v) is 7.87. The molecule has 0 aromatic carbocycles. The van der Waals surface area contributed by atoms with E-state index in [0.717, 1.165) is 24.4 Å². The molecule has 1 aliphatic heterocycles. The number of furan rings is 1. The van der Waals surface area contributed by atoms with Gasteiger partial charge in [-0.2, -0.15) is 9.40 Å². The first kappa shape index (κ1) is 16.3. The van der Waals surface area contributed by atoms with Gasteiger partial charge in [-0.25, -0.2) is 8.42 Å². The molecular formula is C16H23N3O3S. The van der Waals surface area contributed by atoms with E-state index in [-0.39, 0.29) is 6.04 Å². The standard InChI is InChI=1S/C16H23N3O3S/c1-5-18-13(4)16(12(3)17-18)23(20,21)19-10-6-7-14(19)15-9-8-11(2)22-15/h8-9,14H,5-7,10H2,1-4H3/t14-/m1/s1. The van der Waals surface area contributed by atoms with Gasteiger partial charge in [0.1, 0.15) is 16.4 Å². The predicted molar refractivity (Wildman–Crippen MR) is 86.7 cm³/mol. The lowest BCUT2D eigenvalue weighted by atomic mass is 10.2. The summed E-state index contributed by atoms with van der Waals surface area (Å²) in [6.07, 6.45) is 1.62. The average Bonchev–Trinajstić information content (AvgIpc) is 3.17. The van der Waals surface area contributed by atoms with Crippen molar-refractivity contribution in [3.05, 3.63) is 35.0 Å². The maximum atomic E-state index is 13.2. The zero-order valence-corrected chi connectivity index (χ0v) is 14.9. The molecule has 0 saturated carbocycles. The largest absolute Gasteiger partial charge is 0.465 e. The van der Waals surface area contributed by atoms with Crippen molar-refractivity contribution >= 4 is 10.0 Å². The van der Waals surface area contributed by atoms with Crippen LogP contribution < -0.4 is 0 Å². The minimum Gasteiger partial charge on any atom is -0.465 e. The molecule has 2 aromatic heterocycles. The maximum absolute atomic E-state index is 13.2. The van der Waals surface area contributed by atoms with Gasteiger partial charge < -0.3 is 4.42 Å². The molecule has 126 valence electrons. The van der Waals surface area contributed by atoms with Crippen LogP contribution in [0.25, 0.3) is 0 Å². The van der Waals surface area contributed by atoms with E-state index < -0.39 is 10.0 Å². The Kier molecular flexibility index (Phi) is 4.10. The van der Waals surface area contributed by atoms with Gasteiger partial charge in [-0.15, -0.1) is 0 Å². The first-order valence-corrected chi connectivity index (χ1v) is 9.42. The van der Waals surface area contributed by atoms with Crippen LogP contribution in [0.3, 0.4) is 0 Å². The fourth-order valence-electron chi connectivity index (χ4n) is 3.42. The Morgan fingerprint density at radius 1 is 1.30 bits per heavy atom. The molecule has 3 heterocycles. The van der Waals surface area contributed by atoms with Gasteiger partial charge in [-0.05, 0) is 52.7 Å². The van der Waals surface area contributed by atoms with Crippen LogP contribution in [0.15, 0.2) is 21.4 Å². The van der Waals surface area contributed by atoms with Crippen LogP contribution >= 0.6 is 0 Å². The van der Waals surface area contributed by atoms with E-state index in [9.17, 15) is 8.42 Å². The number of nitrogens with zero attached hydrogens (tertiary/aromatic N) is 3. The number of hydrogen-bond acceptors (Lipinski definition) is 4. The van der Waals surface area contributed by atoms with Crippen LogP contribution in [-0.2, 0) is 16.6 Å². The summed E-state index contributed by atoms with van der Waals surface area (Å²) in [6, 6.07) is 3.53. The van der Waals surface area contributed by atoms with Crippen molar-refractivity contribution in [2.24, 2.45) is 0 Å². The Morgan fingerprint density at radius 2 is 2.04 bits per heavy atom. The van der Waals surface area contributed by atoms with Crippen LogP contribution in [0.1, 0.15) is 48.7 Å². The van der Waals surface area contributed by atoms with Crippen molar-refractivity contribution in [1.82, 2.24) is 14.1 Å². The number of aryl methyl sites for hydroxylation is 3. The summed E-state index contributed by atoms with van der Waals surface area (Å²) in [4.78, 5) is 0.342. The zero-order valence-electron chi connectivity index (χ0n) is 14.0. The van der Waals surface area contributed by atoms with E-state index >= 15 is 0 Å². The fourth-order valence-corrected chi connectivity index (χ4v) is 5.46. The fraction of sp³-hybridized carbons (Fsp3) is 0.562. The van der Waals surface area contributed by atoms with Gasteiger partial charge in [-0.3, -0.25) is 4.68 Å². The number of aromatic nitrogens is 2. The number of hydrogen-bond donors (Lipinski definition) is 0. The molecular weight excluding hydrogens is 314 g/mol. The summed E-state index contributed by atoms with van der Waals surface area (Å²) < 4.78 is 35.5. The lowest BCUT2D eigenvalue weighted by Gasteiger charge is -2.22.